The first-order valence-electron chi connectivity index (χ1n) is 12.8. The summed E-state index contributed by atoms with van der Waals surface area (Å²) in [5.41, 5.74) is 7.21. The lowest BCUT2D eigenvalue weighted by atomic mass is 10.0. The first-order valence-corrected chi connectivity index (χ1v) is 13.2. The zero-order valence-corrected chi connectivity index (χ0v) is 21.1. The average Bonchev–Trinajstić information content (AvgIpc) is 2.77. The molecule has 0 spiro atoms. The molecule has 0 aliphatic rings. The van der Waals surface area contributed by atoms with Crippen LogP contribution in [-0.2, 0) is 22.4 Å². The van der Waals surface area contributed by atoms with E-state index in [4.69, 9.17) is 22.7 Å². The van der Waals surface area contributed by atoms with Gasteiger partial charge in [0.1, 0.15) is 6.04 Å². The molecule has 0 amide bonds. The standard InChI is InChI=1S/C25H45N3O3S/c1-3-5-6-7-8-9-10-11-12-13-14-15-17-20-22(27-25(32)28-23(20)29)18-16-19-31-24(30)21(26)4-2/h21H,3-19,26H2,1-2H3,(H2,27,28,29,32). The quantitative estimate of drug-likeness (QED) is 0.134. The molecule has 1 unspecified atom stereocenters. The molecular formula is C25H45N3O3S. The number of rotatable bonds is 19. The van der Waals surface area contributed by atoms with Crippen molar-refractivity contribution in [2.45, 2.75) is 123 Å². The van der Waals surface area contributed by atoms with E-state index >= 15 is 0 Å². The van der Waals surface area contributed by atoms with Crippen molar-refractivity contribution in [1.29, 1.82) is 0 Å². The third kappa shape index (κ3) is 12.5. The molecule has 0 saturated carbocycles. The van der Waals surface area contributed by atoms with Gasteiger partial charge in [-0.15, -0.1) is 0 Å². The van der Waals surface area contributed by atoms with Crippen LogP contribution in [0.2, 0.25) is 0 Å². The Balaban J connectivity index is 2.29. The second kappa shape index (κ2) is 18.0. The molecule has 1 atom stereocenters. The van der Waals surface area contributed by atoms with Gasteiger partial charge in [0.2, 0.25) is 0 Å². The Labute approximate surface area is 199 Å². The Kier molecular flexibility index (Phi) is 16.1. The van der Waals surface area contributed by atoms with Crippen LogP contribution in [0.4, 0.5) is 0 Å². The van der Waals surface area contributed by atoms with Crippen LogP contribution < -0.4 is 11.3 Å². The van der Waals surface area contributed by atoms with Gasteiger partial charge < -0.3 is 15.5 Å². The largest absolute Gasteiger partial charge is 0.465 e. The lowest BCUT2D eigenvalue weighted by Crippen LogP contribution is -2.31. The van der Waals surface area contributed by atoms with E-state index < -0.39 is 6.04 Å². The summed E-state index contributed by atoms with van der Waals surface area (Å²) in [6.07, 6.45) is 18.1. The van der Waals surface area contributed by atoms with Crippen LogP contribution in [0.3, 0.4) is 0 Å². The molecule has 4 N–H and O–H groups in total. The van der Waals surface area contributed by atoms with Crippen molar-refractivity contribution >= 4 is 18.2 Å². The van der Waals surface area contributed by atoms with E-state index in [1.807, 2.05) is 6.92 Å². The molecule has 0 radical (unpaired) electrons. The number of nitrogens with one attached hydrogen (secondary N) is 2. The molecule has 0 aliphatic heterocycles. The minimum Gasteiger partial charge on any atom is -0.465 e. The van der Waals surface area contributed by atoms with Gasteiger partial charge in [0.25, 0.3) is 5.56 Å². The van der Waals surface area contributed by atoms with Crippen molar-refractivity contribution in [1.82, 2.24) is 9.97 Å². The van der Waals surface area contributed by atoms with E-state index in [9.17, 15) is 9.59 Å². The van der Waals surface area contributed by atoms with E-state index in [2.05, 4.69) is 16.9 Å². The molecule has 1 aromatic heterocycles. The molecule has 0 bridgehead atoms. The fourth-order valence-electron chi connectivity index (χ4n) is 3.88. The topological polar surface area (TPSA) is 101 Å². The summed E-state index contributed by atoms with van der Waals surface area (Å²) in [5.74, 6) is -0.372. The van der Waals surface area contributed by atoms with Gasteiger partial charge in [-0.25, -0.2) is 0 Å². The van der Waals surface area contributed by atoms with Crippen LogP contribution in [0.5, 0.6) is 0 Å². The fourth-order valence-corrected chi connectivity index (χ4v) is 4.09. The number of aromatic amines is 2. The van der Waals surface area contributed by atoms with Crippen molar-refractivity contribution in [3.63, 3.8) is 0 Å². The number of ether oxygens (including phenoxy) is 1. The van der Waals surface area contributed by atoms with Crippen molar-refractivity contribution in [2.24, 2.45) is 5.73 Å². The first kappa shape index (κ1) is 28.6. The van der Waals surface area contributed by atoms with Crippen molar-refractivity contribution < 1.29 is 9.53 Å². The average molecular weight is 468 g/mol. The Bertz CT molecular complexity index is 745. The zero-order valence-electron chi connectivity index (χ0n) is 20.3. The maximum absolute atomic E-state index is 12.4. The van der Waals surface area contributed by atoms with Crippen LogP contribution in [0.1, 0.15) is 115 Å². The molecule has 0 saturated heterocycles. The molecule has 7 heteroatoms. The number of aryl methyl sites for hydroxylation is 1. The van der Waals surface area contributed by atoms with E-state index in [-0.39, 0.29) is 18.1 Å². The van der Waals surface area contributed by atoms with Crippen molar-refractivity contribution in [3.05, 3.63) is 26.4 Å². The molecule has 1 aromatic rings. The summed E-state index contributed by atoms with van der Waals surface area (Å²) in [6, 6.07) is -0.568. The lowest BCUT2D eigenvalue weighted by Gasteiger charge is -2.11. The van der Waals surface area contributed by atoms with Crippen molar-refractivity contribution in [3.8, 4) is 0 Å². The summed E-state index contributed by atoms with van der Waals surface area (Å²) < 4.78 is 5.55. The number of nitrogens with two attached hydrogens (primary N) is 1. The monoisotopic (exact) mass is 467 g/mol. The highest BCUT2D eigenvalue weighted by Crippen LogP contribution is 2.14. The summed E-state index contributed by atoms with van der Waals surface area (Å²) >= 11 is 5.14. The number of hydrogen-bond acceptors (Lipinski definition) is 5. The molecule has 6 nitrogen and oxygen atoms in total. The Hall–Kier alpha value is -1.47. The minimum atomic E-state index is -0.568. The Morgan fingerprint density at radius 2 is 1.44 bits per heavy atom. The SMILES string of the molecule is CCCCCCCCCCCCCCc1c(CCCOC(=O)C(N)CC)[nH]c(=S)[nH]c1=O. The molecule has 1 rings (SSSR count). The Morgan fingerprint density at radius 1 is 0.875 bits per heavy atom. The second-order valence-electron chi connectivity index (χ2n) is 8.79. The predicted octanol–water partition coefficient (Wildman–Crippen LogP) is 5.89. The van der Waals surface area contributed by atoms with Gasteiger partial charge in [0.05, 0.1) is 6.61 Å². The van der Waals surface area contributed by atoms with E-state index in [0.717, 1.165) is 30.5 Å². The van der Waals surface area contributed by atoms with E-state index in [1.54, 1.807) is 0 Å². The van der Waals surface area contributed by atoms with Gasteiger partial charge in [-0.2, -0.15) is 0 Å². The Morgan fingerprint density at radius 3 is 2.00 bits per heavy atom. The minimum absolute atomic E-state index is 0.100. The molecule has 0 aliphatic carbocycles. The maximum Gasteiger partial charge on any atom is 0.322 e. The molecule has 0 aromatic carbocycles. The molecule has 1 heterocycles. The van der Waals surface area contributed by atoms with E-state index in [0.29, 0.717) is 24.0 Å². The molecule has 32 heavy (non-hydrogen) atoms. The van der Waals surface area contributed by atoms with Gasteiger partial charge in [0.15, 0.2) is 4.77 Å². The summed E-state index contributed by atoms with van der Waals surface area (Å²) in [6.45, 7) is 4.40. The number of unbranched alkanes of at least 4 members (excludes halogenated alkanes) is 11. The van der Waals surface area contributed by atoms with Gasteiger partial charge in [-0.05, 0) is 44.3 Å². The molecule has 184 valence electrons. The summed E-state index contributed by atoms with van der Waals surface area (Å²) in [4.78, 5) is 29.9. The normalized spacial score (nSPS) is 12.1. The first-order chi connectivity index (χ1) is 15.5. The number of H-pyrrole nitrogens is 2. The van der Waals surface area contributed by atoms with Gasteiger partial charge in [0, 0.05) is 11.3 Å². The number of carbonyl (C=O) groups is 1. The highest BCUT2D eigenvalue weighted by molar-refractivity contribution is 7.71. The highest BCUT2D eigenvalue weighted by Gasteiger charge is 2.13. The zero-order chi connectivity index (χ0) is 23.6. The highest BCUT2D eigenvalue weighted by atomic mass is 32.1. The second-order valence-corrected chi connectivity index (χ2v) is 9.20. The molecule has 0 fully saturated rings. The maximum atomic E-state index is 12.4. The number of hydrogen-bond donors (Lipinski definition) is 3. The van der Waals surface area contributed by atoms with Crippen LogP contribution >= 0.6 is 12.2 Å². The smallest absolute Gasteiger partial charge is 0.322 e. The van der Waals surface area contributed by atoms with Crippen LogP contribution in [0.25, 0.3) is 0 Å². The number of carbonyl (C=O) groups excluding carboxylic acids is 1. The van der Waals surface area contributed by atoms with Gasteiger partial charge in [-0.1, -0.05) is 84.5 Å². The predicted molar refractivity (Wildman–Crippen MR) is 135 cm³/mol. The van der Waals surface area contributed by atoms with Crippen LogP contribution in [0, 0.1) is 4.77 Å². The summed E-state index contributed by atoms with van der Waals surface area (Å²) in [7, 11) is 0. The number of esters is 1. The van der Waals surface area contributed by atoms with Crippen LogP contribution in [-0.4, -0.2) is 28.6 Å². The fraction of sp³-hybridized carbons (Fsp3) is 0.800. The third-order valence-corrected chi connectivity index (χ3v) is 6.17. The van der Waals surface area contributed by atoms with Gasteiger partial charge in [-0.3, -0.25) is 14.6 Å². The molecular weight excluding hydrogens is 422 g/mol. The van der Waals surface area contributed by atoms with Crippen molar-refractivity contribution in [2.75, 3.05) is 6.61 Å². The van der Waals surface area contributed by atoms with Crippen LogP contribution in [0.15, 0.2) is 4.79 Å². The third-order valence-electron chi connectivity index (χ3n) is 5.97. The number of aromatic nitrogens is 2. The summed E-state index contributed by atoms with van der Waals surface area (Å²) in [5, 5.41) is 0. The lowest BCUT2D eigenvalue weighted by molar-refractivity contribution is -0.145. The van der Waals surface area contributed by atoms with E-state index in [1.165, 1.54) is 64.2 Å². The van der Waals surface area contributed by atoms with Gasteiger partial charge >= 0.3 is 5.97 Å².